The first-order valence-corrected chi connectivity index (χ1v) is 20.0. The topological polar surface area (TPSA) is 80.4 Å². The average molecular weight is 622 g/mol. The molecule has 0 aromatic rings. The summed E-state index contributed by atoms with van der Waals surface area (Å²) in [6.45, 7) is 4.55. The van der Waals surface area contributed by atoms with Crippen molar-refractivity contribution in [3.8, 4) is 0 Å². The summed E-state index contributed by atoms with van der Waals surface area (Å²) in [6, 6.07) is 0. The highest BCUT2D eigenvalue weighted by Gasteiger charge is 2.38. The van der Waals surface area contributed by atoms with E-state index in [-0.39, 0.29) is 6.42 Å². The van der Waals surface area contributed by atoms with Gasteiger partial charge in [-0.05, 0) is 12.8 Å². The molecule has 0 spiro atoms. The van der Waals surface area contributed by atoms with Crippen LogP contribution in [0.5, 0.6) is 0 Å². The van der Waals surface area contributed by atoms with Crippen molar-refractivity contribution >= 4 is 11.9 Å². The summed E-state index contributed by atoms with van der Waals surface area (Å²) in [5, 5.41) is 10.1. The van der Waals surface area contributed by atoms with Gasteiger partial charge in [-0.1, -0.05) is 219 Å². The van der Waals surface area contributed by atoms with Crippen LogP contribution < -0.4 is 5.73 Å². The molecule has 0 aromatic carbocycles. The molecule has 0 aliphatic rings. The van der Waals surface area contributed by atoms with Gasteiger partial charge < -0.3 is 10.8 Å². The molecular formula is C40H79NO3. The Labute approximate surface area is 275 Å². The number of carbonyl (C=O) groups is 2. The normalized spacial score (nSPS) is 11.8. The minimum atomic E-state index is -0.960. The Balaban J connectivity index is 3.87. The Morgan fingerprint density at radius 3 is 0.795 bits per heavy atom. The van der Waals surface area contributed by atoms with Gasteiger partial charge in [-0.3, -0.25) is 9.59 Å². The monoisotopic (exact) mass is 622 g/mol. The standard InChI is InChI=1S/C40H79NO3/c1-3-5-7-9-11-13-15-17-19-21-23-25-27-29-31-33-35-40(39(43)44,37-38(41)42)36-34-32-30-28-26-24-22-20-18-16-14-12-10-8-6-4-2/h3-37H2,1-2H3,(H2,41,42)(H,43,44). The van der Waals surface area contributed by atoms with Crippen LogP contribution >= 0.6 is 0 Å². The zero-order chi connectivity index (χ0) is 32.4. The second-order valence-electron chi connectivity index (χ2n) is 14.3. The van der Waals surface area contributed by atoms with E-state index in [0.29, 0.717) is 12.8 Å². The molecule has 0 aromatic heterocycles. The van der Waals surface area contributed by atoms with Crippen molar-refractivity contribution in [1.82, 2.24) is 0 Å². The lowest BCUT2D eigenvalue weighted by atomic mass is 9.75. The number of hydrogen-bond donors (Lipinski definition) is 2. The van der Waals surface area contributed by atoms with Crippen molar-refractivity contribution in [2.24, 2.45) is 11.1 Å². The number of hydrogen-bond acceptors (Lipinski definition) is 2. The summed E-state index contributed by atoms with van der Waals surface area (Å²) < 4.78 is 0. The van der Waals surface area contributed by atoms with E-state index < -0.39 is 17.3 Å². The number of amides is 1. The van der Waals surface area contributed by atoms with Crippen LogP contribution in [0.2, 0.25) is 0 Å². The van der Waals surface area contributed by atoms with Crippen molar-refractivity contribution in [2.45, 2.75) is 239 Å². The first kappa shape index (κ1) is 42.9. The largest absolute Gasteiger partial charge is 0.481 e. The molecule has 0 unspecified atom stereocenters. The zero-order valence-electron chi connectivity index (χ0n) is 30.1. The lowest BCUT2D eigenvalue weighted by Gasteiger charge is -2.28. The van der Waals surface area contributed by atoms with Gasteiger partial charge in [0.25, 0.3) is 0 Å². The molecule has 44 heavy (non-hydrogen) atoms. The maximum atomic E-state index is 12.3. The second-order valence-corrected chi connectivity index (χ2v) is 14.3. The summed E-state index contributed by atoms with van der Waals surface area (Å²) in [7, 11) is 0. The van der Waals surface area contributed by atoms with E-state index in [1.807, 2.05) is 0 Å². The van der Waals surface area contributed by atoms with E-state index in [0.717, 1.165) is 25.7 Å². The fourth-order valence-electron chi connectivity index (χ4n) is 6.95. The van der Waals surface area contributed by atoms with E-state index in [9.17, 15) is 14.7 Å². The molecule has 0 saturated heterocycles. The highest BCUT2D eigenvalue weighted by Crippen LogP contribution is 2.36. The van der Waals surface area contributed by atoms with Crippen LogP contribution in [0, 0.1) is 5.41 Å². The minimum absolute atomic E-state index is 0.0141. The number of nitrogens with two attached hydrogens (primary N) is 1. The number of carbonyl (C=O) groups excluding carboxylic acids is 1. The summed E-state index contributed by atoms with van der Waals surface area (Å²) in [4.78, 5) is 24.2. The van der Waals surface area contributed by atoms with Crippen LogP contribution in [-0.2, 0) is 9.59 Å². The quantitative estimate of drug-likeness (QED) is 0.0677. The lowest BCUT2D eigenvalue weighted by Crippen LogP contribution is -2.36. The SMILES string of the molecule is CCCCCCCCCCCCCCCCCCC(CCCCCCCCCCCCCCCCCC)(CC(N)=O)C(=O)O. The van der Waals surface area contributed by atoms with Gasteiger partial charge in [-0.2, -0.15) is 0 Å². The fourth-order valence-corrected chi connectivity index (χ4v) is 6.95. The van der Waals surface area contributed by atoms with Crippen LogP contribution in [0.15, 0.2) is 0 Å². The van der Waals surface area contributed by atoms with Crippen molar-refractivity contribution in [3.63, 3.8) is 0 Å². The molecule has 0 heterocycles. The number of carboxylic acid groups (broad SMARTS) is 1. The number of aliphatic carboxylic acids is 1. The van der Waals surface area contributed by atoms with Gasteiger partial charge in [0, 0.05) is 6.42 Å². The molecular weight excluding hydrogens is 542 g/mol. The molecule has 0 aliphatic carbocycles. The maximum absolute atomic E-state index is 12.3. The molecule has 0 aliphatic heterocycles. The number of primary amides is 1. The predicted octanol–water partition coefficient (Wildman–Crippen LogP) is 13.2. The third-order valence-corrected chi connectivity index (χ3v) is 9.98. The van der Waals surface area contributed by atoms with Crippen molar-refractivity contribution < 1.29 is 14.7 Å². The highest BCUT2D eigenvalue weighted by molar-refractivity contribution is 5.84. The Morgan fingerprint density at radius 2 is 0.614 bits per heavy atom. The van der Waals surface area contributed by atoms with Gasteiger partial charge >= 0.3 is 5.97 Å². The third-order valence-electron chi connectivity index (χ3n) is 9.98. The number of carboxylic acids is 1. The molecule has 262 valence electrons. The van der Waals surface area contributed by atoms with Gasteiger partial charge in [-0.25, -0.2) is 0 Å². The van der Waals surface area contributed by atoms with E-state index in [1.165, 1.54) is 180 Å². The second kappa shape index (κ2) is 33.3. The Hall–Kier alpha value is -1.06. The third kappa shape index (κ3) is 28.4. The van der Waals surface area contributed by atoms with Gasteiger partial charge in [0.1, 0.15) is 0 Å². The maximum Gasteiger partial charge on any atom is 0.310 e. The van der Waals surface area contributed by atoms with Crippen LogP contribution in [0.4, 0.5) is 0 Å². The first-order valence-electron chi connectivity index (χ1n) is 20.0. The molecule has 0 rings (SSSR count). The Morgan fingerprint density at radius 1 is 0.409 bits per heavy atom. The molecule has 3 N–H and O–H groups in total. The molecule has 0 atom stereocenters. The smallest absolute Gasteiger partial charge is 0.310 e. The molecule has 0 fully saturated rings. The van der Waals surface area contributed by atoms with E-state index >= 15 is 0 Å². The minimum Gasteiger partial charge on any atom is -0.481 e. The van der Waals surface area contributed by atoms with E-state index in [2.05, 4.69) is 13.8 Å². The Bertz CT molecular complexity index is 584. The van der Waals surface area contributed by atoms with E-state index in [1.54, 1.807) is 0 Å². The zero-order valence-corrected chi connectivity index (χ0v) is 30.1. The summed E-state index contributed by atoms with van der Waals surface area (Å²) in [5.74, 6) is -1.29. The first-order chi connectivity index (χ1) is 21.5. The molecule has 0 saturated carbocycles. The molecule has 1 amide bonds. The van der Waals surface area contributed by atoms with Crippen LogP contribution in [0.3, 0.4) is 0 Å². The summed E-state index contributed by atoms with van der Waals surface area (Å²) in [6.07, 6.45) is 43.0. The highest BCUT2D eigenvalue weighted by atomic mass is 16.4. The van der Waals surface area contributed by atoms with Crippen molar-refractivity contribution in [2.75, 3.05) is 0 Å². The number of rotatable bonds is 37. The number of unbranched alkanes of at least 4 members (excludes halogenated alkanes) is 30. The molecule has 0 bridgehead atoms. The molecule has 4 nitrogen and oxygen atoms in total. The summed E-state index contributed by atoms with van der Waals surface area (Å²) in [5.41, 5.74) is 4.58. The van der Waals surface area contributed by atoms with Crippen molar-refractivity contribution in [1.29, 1.82) is 0 Å². The lowest BCUT2D eigenvalue weighted by molar-refractivity contribution is -0.152. The van der Waals surface area contributed by atoms with Gasteiger partial charge in [0.05, 0.1) is 5.41 Å². The average Bonchev–Trinajstić information content (AvgIpc) is 3.00. The van der Waals surface area contributed by atoms with Crippen LogP contribution in [0.25, 0.3) is 0 Å². The Kier molecular flexibility index (Phi) is 32.5. The van der Waals surface area contributed by atoms with Crippen molar-refractivity contribution in [3.05, 3.63) is 0 Å². The predicted molar refractivity (Wildman–Crippen MR) is 192 cm³/mol. The van der Waals surface area contributed by atoms with Gasteiger partial charge in [0.15, 0.2) is 0 Å². The molecule has 0 radical (unpaired) electrons. The van der Waals surface area contributed by atoms with Crippen LogP contribution in [-0.4, -0.2) is 17.0 Å². The summed E-state index contributed by atoms with van der Waals surface area (Å²) >= 11 is 0. The van der Waals surface area contributed by atoms with E-state index in [4.69, 9.17) is 5.73 Å². The van der Waals surface area contributed by atoms with Crippen LogP contribution in [0.1, 0.15) is 239 Å². The fraction of sp³-hybridized carbons (Fsp3) is 0.950. The molecule has 4 heteroatoms. The van der Waals surface area contributed by atoms with Gasteiger partial charge in [-0.15, -0.1) is 0 Å². The van der Waals surface area contributed by atoms with Gasteiger partial charge in [0.2, 0.25) is 5.91 Å².